The van der Waals surface area contributed by atoms with Crippen molar-refractivity contribution in [3.05, 3.63) is 16.6 Å². The zero-order valence-corrected chi connectivity index (χ0v) is 10.6. The van der Waals surface area contributed by atoms with Gasteiger partial charge in [-0.3, -0.25) is 9.48 Å². The zero-order chi connectivity index (χ0) is 11.9. The average molecular weight is 238 g/mol. The Labute approximate surface area is 97.5 Å². The van der Waals surface area contributed by atoms with Crippen molar-refractivity contribution in [2.45, 2.75) is 25.0 Å². The summed E-state index contributed by atoms with van der Waals surface area (Å²) in [5, 5.41) is 1.26. The minimum Gasteiger partial charge on any atom is -0.268 e. The van der Waals surface area contributed by atoms with Crippen LogP contribution in [0.15, 0.2) is 16.1 Å². The second-order valence-corrected chi connectivity index (χ2v) is 4.63. The summed E-state index contributed by atoms with van der Waals surface area (Å²) in [4.78, 5) is 20.5. The molecule has 0 saturated carbocycles. The van der Waals surface area contributed by atoms with E-state index in [1.807, 2.05) is 27.2 Å². The van der Waals surface area contributed by atoms with Crippen molar-refractivity contribution in [1.82, 2.24) is 19.3 Å². The van der Waals surface area contributed by atoms with E-state index in [1.165, 1.54) is 11.8 Å². The monoisotopic (exact) mass is 238 g/mol. The summed E-state index contributed by atoms with van der Waals surface area (Å²) in [6.45, 7) is 3.95. The Hall–Kier alpha value is -1.30. The summed E-state index contributed by atoms with van der Waals surface area (Å²) >= 11 is 1.47. The molecule has 2 heterocycles. The molecule has 6 heteroatoms. The molecular formula is C10H14N4OS. The second kappa shape index (κ2) is 3.93. The number of hydrogen-bond acceptors (Lipinski definition) is 4. The van der Waals surface area contributed by atoms with E-state index in [4.69, 9.17) is 0 Å². The standard InChI is InChI=1S/C10H14N4OS/c1-6(2)14-9(15)7-5-11-10(16-4)12-8(7)13(14)3/h5-6H,1-4H3. The van der Waals surface area contributed by atoms with E-state index in [2.05, 4.69) is 9.97 Å². The lowest BCUT2D eigenvalue weighted by Gasteiger charge is -2.10. The minimum absolute atomic E-state index is 0.0276. The molecule has 0 saturated heterocycles. The van der Waals surface area contributed by atoms with Gasteiger partial charge in [-0.25, -0.2) is 14.6 Å². The van der Waals surface area contributed by atoms with Crippen LogP contribution >= 0.6 is 11.8 Å². The summed E-state index contributed by atoms with van der Waals surface area (Å²) in [5.41, 5.74) is 0.665. The molecule has 2 aromatic rings. The molecule has 0 aliphatic rings. The molecule has 0 atom stereocenters. The van der Waals surface area contributed by atoms with Crippen LogP contribution in [0.5, 0.6) is 0 Å². The molecule has 0 amide bonds. The number of rotatable bonds is 2. The summed E-state index contributed by atoms with van der Waals surface area (Å²) in [6, 6.07) is 0.115. The van der Waals surface area contributed by atoms with Crippen LogP contribution in [0, 0.1) is 0 Å². The SMILES string of the molecule is CSc1ncc2c(=O)n(C(C)C)n(C)c2n1. The maximum atomic E-state index is 12.0. The second-order valence-electron chi connectivity index (χ2n) is 3.86. The maximum Gasteiger partial charge on any atom is 0.278 e. The fourth-order valence-corrected chi connectivity index (χ4v) is 2.13. The van der Waals surface area contributed by atoms with E-state index in [-0.39, 0.29) is 11.6 Å². The first-order valence-corrected chi connectivity index (χ1v) is 6.27. The lowest BCUT2D eigenvalue weighted by Crippen LogP contribution is -2.23. The summed E-state index contributed by atoms with van der Waals surface area (Å²) < 4.78 is 3.48. The molecule has 16 heavy (non-hydrogen) atoms. The molecule has 0 aliphatic carbocycles. The number of nitrogens with zero attached hydrogens (tertiary/aromatic N) is 4. The number of hydrogen-bond donors (Lipinski definition) is 0. The van der Waals surface area contributed by atoms with Crippen LogP contribution in [0.3, 0.4) is 0 Å². The first-order valence-electron chi connectivity index (χ1n) is 5.04. The van der Waals surface area contributed by atoms with Gasteiger partial charge in [-0.1, -0.05) is 11.8 Å². The van der Waals surface area contributed by atoms with Crippen molar-refractivity contribution in [2.75, 3.05) is 6.26 Å². The first-order chi connectivity index (χ1) is 7.56. The third kappa shape index (κ3) is 1.53. The van der Waals surface area contributed by atoms with E-state index >= 15 is 0 Å². The van der Waals surface area contributed by atoms with Gasteiger partial charge in [0, 0.05) is 19.3 Å². The van der Waals surface area contributed by atoms with Gasteiger partial charge in [0.25, 0.3) is 5.56 Å². The predicted octanol–water partition coefficient (Wildman–Crippen LogP) is 1.43. The highest BCUT2D eigenvalue weighted by Crippen LogP contribution is 2.14. The Balaban J connectivity index is 2.83. The highest BCUT2D eigenvalue weighted by atomic mass is 32.2. The number of thioether (sulfide) groups is 1. The fraction of sp³-hybridized carbons (Fsp3) is 0.500. The number of aryl methyl sites for hydroxylation is 1. The Morgan fingerprint density at radius 2 is 2.12 bits per heavy atom. The van der Waals surface area contributed by atoms with Gasteiger partial charge in [0.15, 0.2) is 10.8 Å². The molecule has 86 valence electrons. The Kier molecular flexibility index (Phi) is 2.75. The van der Waals surface area contributed by atoms with Gasteiger partial charge in [0.1, 0.15) is 5.39 Å². The van der Waals surface area contributed by atoms with Crippen molar-refractivity contribution in [1.29, 1.82) is 0 Å². The van der Waals surface area contributed by atoms with E-state index in [0.717, 1.165) is 0 Å². The molecule has 0 aliphatic heterocycles. The summed E-state index contributed by atoms with van der Waals surface area (Å²) in [7, 11) is 1.85. The quantitative estimate of drug-likeness (QED) is 0.586. The molecule has 0 radical (unpaired) electrons. The van der Waals surface area contributed by atoms with Crippen LogP contribution in [0.25, 0.3) is 11.0 Å². The van der Waals surface area contributed by atoms with E-state index in [1.54, 1.807) is 15.6 Å². The van der Waals surface area contributed by atoms with Gasteiger partial charge in [0.05, 0.1) is 0 Å². The smallest absolute Gasteiger partial charge is 0.268 e. The lowest BCUT2D eigenvalue weighted by molar-refractivity contribution is 0.445. The Morgan fingerprint density at radius 3 is 2.69 bits per heavy atom. The van der Waals surface area contributed by atoms with Crippen LogP contribution in [0.2, 0.25) is 0 Å². The van der Waals surface area contributed by atoms with Gasteiger partial charge in [0.2, 0.25) is 0 Å². The van der Waals surface area contributed by atoms with Crippen LogP contribution < -0.4 is 5.56 Å². The molecule has 2 rings (SSSR count). The predicted molar refractivity (Wildman–Crippen MR) is 64.9 cm³/mol. The largest absolute Gasteiger partial charge is 0.278 e. The molecule has 0 fully saturated rings. The fourth-order valence-electron chi connectivity index (χ4n) is 1.80. The van der Waals surface area contributed by atoms with Crippen LogP contribution in [-0.4, -0.2) is 25.6 Å². The molecule has 0 bridgehead atoms. The summed E-state index contributed by atoms with van der Waals surface area (Å²) in [5.74, 6) is 0. The first kappa shape index (κ1) is 11.2. The molecule has 0 aromatic carbocycles. The van der Waals surface area contributed by atoms with Gasteiger partial charge in [-0.05, 0) is 20.1 Å². The van der Waals surface area contributed by atoms with Crippen molar-refractivity contribution < 1.29 is 0 Å². The van der Waals surface area contributed by atoms with Crippen LogP contribution in [-0.2, 0) is 7.05 Å². The van der Waals surface area contributed by atoms with E-state index in [0.29, 0.717) is 16.2 Å². The molecule has 0 spiro atoms. The molecule has 0 unspecified atom stereocenters. The van der Waals surface area contributed by atoms with Crippen LogP contribution in [0.4, 0.5) is 0 Å². The van der Waals surface area contributed by atoms with E-state index < -0.39 is 0 Å². The van der Waals surface area contributed by atoms with Gasteiger partial charge in [-0.15, -0.1) is 0 Å². The third-order valence-electron chi connectivity index (χ3n) is 2.49. The molecule has 0 N–H and O–H groups in total. The zero-order valence-electron chi connectivity index (χ0n) is 9.76. The number of aromatic nitrogens is 4. The lowest BCUT2D eigenvalue weighted by atomic mass is 10.4. The molecule has 5 nitrogen and oxygen atoms in total. The third-order valence-corrected chi connectivity index (χ3v) is 3.05. The maximum absolute atomic E-state index is 12.0. The number of fused-ring (bicyclic) bond motifs is 1. The molecule has 2 aromatic heterocycles. The van der Waals surface area contributed by atoms with Gasteiger partial charge in [-0.2, -0.15) is 0 Å². The topological polar surface area (TPSA) is 52.7 Å². The van der Waals surface area contributed by atoms with Gasteiger partial charge >= 0.3 is 0 Å². The highest BCUT2D eigenvalue weighted by Gasteiger charge is 2.14. The Bertz CT molecular complexity index is 584. The average Bonchev–Trinajstić information content (AvgIpc) is 2.51. The van der Waals surface area contributed by atoms with Crippen LogP contribution in [0.1, 0.15) is 19.9 Å². The minimum atomic E-state index is -0.0276. The highest BCUT2D eigenvalue weighted by molar-refractivity contribution is 7.98. The van der Waals surface area contributed by atoms with Crippen molar-refractivity contribution in [3.63, 3.8) is 0 Å². The summed E-state index contributed by atoms with van der Waals surface area (Å²) in [6.07, 6.45) is 3.52. The van der Waals surface area contributed by atoms with Gasteiger partial charge < -0.3 is 0 Å². The van der Waals surface area contributed by atoms with Crippen molar-refractivity contribution in [3.8, 4) is 0 Å². The Morgan fingerprint density at radius 1 is 1.44 bits per heavy atom. The molecular weight excluding hydrogens is 224 g/mol. The normalized spacial score (nSPS) is 11.6. The van der Waals surface area contributed by atoms with Crippen molar-refractivity contribution >= 4 is 22.8 Å². The van der Waals surface area contributed by atoms with E-state index in [9.17, 15) is 4.79 Å². The van der Waals surface area contributed by atoms with Crippen molar-refractivity contribution in [2.24, 2.45) is 7.05 Å².